The molecule has 1 amide bonds. The molecule has 0 bridgehead atoms. The molecule has 220 valence electrons. The van der Waals surface area contributed by atoms with Gasteiger partial charge in [-0.3, -0.25) is 9.59 Å². The second-order valence-corrected chi connectivity index (χ2v) is 13.6. The predicted octanol–water partition coefficient (Wildman–Crippen LogP) is 3.51. The minimum atomic E-state index is -4.27. The summed E-state index contributed by atoms with van der Waals surface area (Å²) >= 11 is 0.768. The first-order valence-corrected chi connectivity index (χ1v) is 15.4. The van der Waals surface area contributed by atoms with E-state index in [9.17, 15) is 31.9 Å². The van der Waals surface area contributed by atoms with Crippen LogP contribution in [0.25, 0.3) is 10.6 Å². The number of nitrogens with one attached hydrogen (secondary N) is 1. The topological polar surface area (TPSA) is 133 Å². The number of carbonyl (C=O) groups excluding carboxylic acids is 1. The van der Waals surface area contributed by atoms with Gasteiger partial charge in [-0.05, 0) is 43.1 Å². The Hall–Kier alpha value is -3.20. The molecule has 2 unspecified atom stereocenters. The highest BCUT2D eigenvalue weighted by atomic mass is 32.2. The normalized spacial score (nSPS) is 21.7. The van der Waals surface area contributed by atoms with Gasteiger partial charge in [0.15, 0.2) is 0 Å². The van der Waals surface area contributed by atoms with Crippen LogP contribution in [0.4, 0.5) is 8.78 Å². The number of aromatic nitrogens is 1. The number of thiophene rings is 1. The van der Waals surface area contributed by atoms with Crippen molar-refractivity contribution in [2.45, 2.75) is 47.8 Å². The standard InChI is InChI=1S/C27H30F2N4O6S2/c1-26(28,29)22-15-20(30-39-22)21-7-9-24(40-21)41(37,38)31-27(25(35)36)16-19(27)18-5-3-4-17(14-18)6-8-23(34)33-12-10-32(2)11-13-33/h3-5,7,9,14-15,19,31H,6,8,10-13,16H2,1-2H3,(H,35,36). The van der Waals surface area contributed by atoms with Crippen LogP contribution in [0.2, 0.25) is 0 Å². The van der Waals surface area contributed by atoms with E-state index in [4.69, 9.17) is 0 Å². The third-order valence-corrected chi connectivity index (χ3v) is 10.6. The van der Waals surface area contributed by atoms with E-state index in [1.807, 2.05) is 24.1 Å². The van der Waals surface area contributed by atoms with Gasteiger partial charge in [-0.25, -0.2) is 8.42 Å². The van der Waals surface area contributed by atoms with Crippen molar-refractivity contribution in [1.29, 1.82) is 0 Å². The molecule has 3 heterocycles. The fourth-order valence-corrected chi connectivity index (χ4v) is 7.64. The average molecular weight is 609 g/mol. The first-order valence-electron chi connectivity index (χ1n) is 13.1. The molecule has 1 aromatic carbocycles. The first-order chi connectivity index (χ1) is 19.3. The van der Waals surface area contributed by atoms with Crippen molar-refractivity contribution in [2.24, 2.45) is 0 Å². The number of sulfonamides is 1. The molecule has 1 saturated carbocycles. The maximum absolute atomic E-state index is 13.5. The number of rotatable bonds is 10. The summed E-state index contributed by atoms with van der Waals surface area (Å²) in [6, 6.07) is 10.9. The Bertz CT molecular complexity index is 1560. The Labute approximate surface area is 240 Å². The molecule has 2 aliphatic rings. The van der Waals surface area contributed by atoms with Crippen molar-refractivity contribution in [3.05, 3.63) is 59.4 Å². The van der Waals surface area contributed by atoms with E-state index in [1.165, 1.54) is 12.1 Å². The van der Waals surface area contributed by atoms with Gasteiger partial charge in [0.1, 0.15) is 15.4 Å². The van der Waals surface area contributed by atoms with E-state index in [2.05, 4.69) is 19.3 Å². The van der Waals surface area contributed by atoms with Crippen molar-refractivity contribution in [3.8, 4) is 10.6 Å². The lowest BCUT2D eigenvalue weighted by atomic mass is 10.0. The van der Waals surface area contributed by atoms with Crippen molar-refractivity contribution in [1.82, 2.24) is 19.7 Å². The average Bonchev–Trinajstić information content (AvgIpc) is 3.26. The molecule has 41 heavy (non-hydrogen) atoms. The zero-order valence-electron chi connectivity index (χ0n) is 22.5. The molecule has 1 aliphatic heterocycles. The maximum Gasteiger partial charge on any atom is 0.325 e. The Morgan fingerprint density at radius 2 is 1.93 bits per heavy atom. The summed E-state index contributed by atoms with van der Waals surface area (Å²) < 4.78 is 60.3. The lowest BCUT2D eigenvalue weighted by molar-refractivity contribution is -0.140. The first kappa shape index (κ1) is 29.3. The number of halogens is 2. The minimum Gasteiger partial charge on any atom is -0.480 e. The highest BCUT2D eigenvalue weighted by Crippen LogP contribution is 2.53. The summed E-state index contributed by atoms with van der Waals surface area (Å²) in [5, 5.41) is 13.6. The SMILES string of the molecule is CN1CCN(C(=O)CCc2cccc(C3CC3(NS(=O)(=O)c3ccc(-c4cc(C(C)(F)F)on4)s3)C(=O)O)c2)CC1. The molecule has 0 spiro atoms. The zero-order chi connectivity index (χ0) is 29.6. The van der Waals surface area contributed by atoms with Crippen molar-refractivity contribution < 1.29 is 36.4 Å². The zero-order valence-corrected chi connectivity index (χ0v) is 24.1. The number of aryl methyl sites for hydroxylation is 1. The van der Waals surface area contributed by atoms with Gasteiger partial charge in [-0.15, -0.1) is 11.3 Å². The summed E-state index contributed by atoms with van der Waals surface area (Å²) in [5.74, 6) is -5.73. The molecule has 3 aromatic rings. The second kappa shape index (κ2) is 10.9. The van der Waals surface area contributed by atoms with Crippen molar-refractivity contribution in [3.63, 3.8) is 0 Å². The van der Waals surface area contributed by atoms with Gasteiger partial charge in [-0.1, -0.05) is 29.4 Å². The molecule has 2 fully saturated rings. The summed E-state index contributed by atoms with van der Waals surface area (Å²) in [6.45, 7) is 3.72. The number of alkyl halides is 2. The fourth-order valence-electron chi connectivity index (χ4n) is 4.98. The van der Waals surface area contributed by atoms with Crippen LogP contribution >= 0.6 is 11.3 Å². The summed E-state index contributed by atoms with van der Waals surface area (Å²) in [4.78, 5) is 29.3. The Morgan fingerprint density at radius 3 is 2.59 bits per heavy atom. The van der Waals surface area contributed by atoms with Gasteiger partial charge >= 0.3 is 11.9 Å². The number of amides is 1. The maximum atomic E-state index is 13.5. The molecule has 2 atom stereocenters. The van der Waals surface area contributed by atoms with Crippen LogP contribution in [-0.4, -0.2) is 79.1 Å². The number of hydrogen-bond acceptors (Lipinski definition) is 8. The molecule has 1 saturated heterocycles. The van der Waals surface area contributed by atoms with Gasteiger partial charge in [-0.2, -0.15) is 13.5 Å². The summed E-state index contributed by atoms with van der Waals surface area (Å²) in [5.41, 5.74) is -0.149. The number of nitrogens with zero attached hydrogens (tertiary/aromatic N) is 3. The molecule has 2 N–H and O–H groups in total. The van der Waals surface area contributed by atoms with Gasteiger partial charge in [0.05, 0.1) is 4.88 Å². The quantitative estimate of drug-likeness (QED) is 0.357. The third kappa shape index (κ3) is 6.20. The molecular weight excluding hydrogens is 578 g/mol. The number of aliphatic carboxylic acids is 1. The lowest BCUT2D eigenvalue weighted by Crippen LogP contribution is -2.47. The van der Waals surface area contributed by atoms with Crippen molar-refractivity contribution >= 4 is 33.2 Å². The molecule has 5 rings (SSSR count). The summed E-state index contributed by atoms with van der Waals surface area (Å²) in [7, 11) is -2.25. The Balaban J connectivity index is 1.27. The monoisotopic (exact) mass is 608 g/mol. The van der Waals surface area contributed by atoms with Crippen LogP contribution < -0.4 is 4.72 Å². The molecule has 1 aliphatic carbocycles. The highest BCUT2D eigenvalue weighted by Gasteiger charge is 2.63. The fraction of sp³-hybridized carbons (Fsp3) is 0.444. The number of benzene rings is 1. The van der Waals surface area contributed by atoms with Crippen LogP contribution in [-0.2, 0) is 32.0 Å². The van der Waals surface area contributed by atoms with Gasteiger partial charge in [0, 0.05) is 51.5 Å². The largest absolute Gasteiger partial charge is 0.480 e. The smallest absolute Gasteiger partial charge is 0.325 e. The van der Waals surface area contributed by atoms with Gasteiger partial charge in [0.2, 0.25) is 11.7 Å². The lowest BCUT2D eigenvalue weighted by Gasteiger charge is -2.32. The van der Waals surface area contributed by atoms with Gasteiger partial charge in [0.25, 0.3) is 10.0 Å². The van der Waals surface area contributed by atoms with Crippen LogP contribution in [0.1, 0.15) is 42.6 Å². The number of piperazine rings is 1. The highest BCUT2D eigenvalue weighted by molar-refractivity contribution is 7.91. The van der Waals surface area contributed by atoms with Crippen LogP contribution in [0.15, 0.2) is 51.2 Å². The van der Waals surface area contributed by atoms with Crippen LogP contribution in [0, 0.1) is 0 Å². The third-order valence-electron chi connectivity index (χ3n) is 7.54. The number of hydrogen-bond donors (Lipinski definition) is 2. The Morgan fingerprint density at radius 1 is 1.20 bits per heavy atom. The van der Waals surface area contributed by atoms with E-state index >= 15 is 0 Å². The molecule has 14 heteroatoms. The van der Waals surface area contributed by atoms with E-state index in [-0.39, 0.29) is 27.1 Å². The van der Waals surface area contributed by atoms with Crippen LogP contribution in [0.5, 0.6) is 0 Å². The van der Waals surface area contributed by atoms with Crippen LogP contribution in [0.3, 0.4) is 0 Å². The molecule has 2 aromatic heterocycles. The second-order valence-electron chi connectivity index (χ2n) is 10.7. The van der Waals surface area contributed by atoms with E-state index in [1.54, 1.807) is 12.1 Å². The molecular formula is C27H30F2N4O6S2. The van der Waals surface area contributed by atoms with Crippen molar-refractivity contribution in [2.75, 3.05) is 33.2 Å². The number of carboxylic acid groups (broad SMARTS) is 1. The van der Waals surface area contributed by atoms with Gasteiger partial charge < -0.3 is 19.4 Å². The molecule has 10 nitrogen and oxygen atoms in total. The minimum absolute atomic E-state index is 0.0492. The number of carboxylic acids is 1. The predicted molar refractivity (Wildman–Crippen MR) is 146 cm³/mol. The number of carbonyl (C=O) groups is 2. The Kier molecular flexibility index (Phi) is 7.78. The van der Waals surface area contributed by atoms with E-state index in [0.717, 1.165) is 36.1 Å². The molecule has 0 radical (unpaired) electrons. The van der Waals surface area contributed by atoms with E-state index < -0.39 is 39.1 Å². The summed E-state index contributed by atoms with van der Waals surface area (Å²) in [6.07, 6.45) is 0.878. The van der Waals surface area contributed by atoms with E-state index in [0.29, 0.717) is 38.4 Å². The number of likely N-dealkylation sites (N-methyl/N-ethyl adjacent to an activating group) is 1.